The summed E-state index contributed by atoms with van der Waals surface area (Å²) in [7, 11) is 0. The minimum atomic E-state index is 0. The minimum Gasteiger partial charge on any atom is -0.0776 e. The Bertz CT molecular complexity index is 6.00. The van der Waals surface area contributed by atoms with Gasteiger partial charge in [-0.05, 0) is 0 Å². The van der Waals surface area contributed by atoms with E-state index in [4.69, 9.17) is 0 Å². The molecule has 4 heavy (non-hydrogen) atoms. The SMILES string of the molecule is C.C.[Ge].[Si]. The molecule has 0 fully saturated rings. The van der Waals surface area contributed by atoms with Gasteiger partial charge in [0.1, 0.15) is 0 Å². The summed E-state index contributed by atoms with van der Waals surface area (Å²) in [6, 6.07) is 0. The fourth-order valence-electron chi connectivity index (χ4n) is 0. The van der Waals surface area contributed by atoms with Crippen LogP contribution in [0.5, 0.6) is 0 Å². The smallest absolute Gasteiger partial charge is 0 e. The van der Waals surface area contributed by atoms with E-state index >= 15 is 0 Å². The molecule has 2 heteroatoms. The zero-order valence-electron chi connectivity index (χ0n) is 1.00. The molecule has 0 spiro atoms. The Kier molecular flexibility index (Phi) is 1450. The van der Waals surface area contributed by atoms with Crippen LogP contribution in [0.4, 0.5) is 0 Å². The van der Waals surface area contributed by atoms with E-state index in [2.05, 4.69) is 0 Å². The zero-order valence-corrected chi connectivity index (χ0v) is 4.10. The summed E-state index contributed by atoms with van der Waals surface area (Å²) in [6.45, 7) is 0. The van der Waals surface area contributed by atoms with Crippen molar-refractivity contribution in [1.82, 2.24) is 0 Å². The summed E-state index contributed by atoms with van der Waals surface area (Å²) < 4.78 is 0. The topological polar surface area (TPSA) is 0 Å². The third-order valence-corrected chi connectivity index (χ3v) is 0. The van der Waals surface area contributed by atoms with Crippen LogP contribution in [0.15, 0.2) is 0 Å². The predicted molar refractivity (Wildman–Crippen MR) is 25.0 cm³/mol. The van der Waals surface area contributed by atoms with E-state index in [0.717, 1.165) is 0 Å². The van der Waals surface area contributed by atoms with E-state index in [0.29, 0.717) is 0 Å². The van der Waals surface area contributed by atoms with Gasteiger partial charge in [0.25, 0.3) is 0 Å². The minimum absolute atomic E-state index is 0. The van der Waals surface area contributed by atoms with Crippen molar-refractivity contribution in [3.8, 4) is 0 Å². The Hall–Kier alpha value is 0.760. The molecule has 0 heterocycles. The summed E-state index contributed by atoms with van der Waals surface area (Å²) in [6.07, 6.45) is 0. The first-order valence-electron chi connectivity index (χ1n) is 0. The third-order valence-electron chi connectivity index (χ3n) is 0. The van der Waals surface area contributed by atoms with Crippen LogP contribution in [0.1, 0.15) is 14.9 Å². The van der Waals surface area contributed by atoms with E-state index in [9.17, 15) is 0 Å². The zero-order chi connectivity index (χ0) is 0. The van der Waals surface area contributed by atoms with Crippen LogP contribution in [0.25, 0.3) is 0 Å². The maximum absolute atomic E-state index is 0. The van der Waals surface area contributed by atoms with Gasteiger partial charge in [0.05, 0.1) is 0 Å². The van der Waals surface area contributed by atoms with Crippen molar-refractivity contribution in [2.75, 3.05) is 0 Å². The molecule has 0 aromatic rings. The molecule has 0 N–H and O–H groups in total. The summed E-state index contributed by atoms with van der Waals surface area (Å²) in [4.78, 5) is 0. The van der Waals surface area contributed by atoms with E-state index in [-0.39, 0.29) is 43.4 Å². The summed E-state index contributed by atoms with van der Waals surface area (Å²) in [5, 5.41) is 0. The first kappa shape index (κ1) is 117. The quantitative estimate of drug-likeness (QED) is 0.422. The second-order valence-electron chi connectivity index (χ2n) is 0. The van der Waals surface area contributed by atoms with Gasteiger partial charge in [0.15, 0.2) is 0 Å². The predicted octanol–water partition coefficient (Wildman–Crippen LogP) is 0.511. The Balaban J connectivity index is 0. The van der Waals surface area contributed by atoms with Crippen molar-refractivity contribution in [3.63, 3.8) is 0 Å². The molecule has 0 aromatic heterocycles. The molecular weight excluding hydrogens is 125 g/mol. The van der Waals surface area contributed by atoms with Crippen LogP contribution in [0, 0.1) is 0 Å². The van der Waals surface area contributed by atoms with E-state index in [1.54, 1.807) is 0 Å². The Morgan fingerprint density at radius 3 is 0.750 bits per heavy atom. The molecule has 0 aromatic carbocycles. The average molecular weight is 133 g/mol. The number of hydrogen-bond donors (Lipinski definition) is 0. The molecule has 0 amide bonds. The number of rotatable bonds is 0. The molecule has 0 rings (SSSR count). The van der Waals surface area contributed by atoms with Crippen LogP contribution >= 0.6 is 0 Å². The maximum atomic E-state index is 0. The van der Waals surface area contributed by atoms with Gasteiger partial charge in [-0.25, -0.2) is 0 Å². The van der Waals surface area contributed by atoms with Crippen LogP contribution in [-0.2, 0) is 0 Å². The van der Waals surface area contributed by atoms with Gasteiger partial charge in [0, 0.05) is 28.6 Å². The van der Waals surface area contributed by atoms with Crippen LogP contribution < -0.4 is 0 Å². The van der Waals surface area contributed by atoms with Gasteiger partial charge < -0.3 is 0 Å². The molecule has 8 radical (unpaired) electrons. The van der Waals surface area contributed by atoms with Crippen molar-refractivity contribution >= 4 is 28.6 Å². The molecule has 0 saturated carbocycles. The fraction of sp³-hybridized carbons (Fsp3) is 1.00. The fourth-order valence-corrected chi connectivity index (χ4v) is 0. The molecule has 0 aliphatic rings. The summed E-state index contributed by atoms with van der Waals surface area (Å²) >= 11 is 0. The monoisotopic (exact) mass is 134 g/mol. The van der Waals surface area contributed by atoms with Crippen molar-refractivity contribution in [1.29, 1.82) is 0 Å². The van der Waals surface area contributed by atoms with Crippen molar-refractivity contribution < 1.29 is 0 Å². The molecule has 0 aliphatic heterocycles. The molecule has 0 unspecified atom stereocenters. The molecule has 0 aliphatic carbocycles. The Morgan fingerprint density at radius 2 is 0.750 bits per heavy atom. The molecular formula is C2H8GeSi. The first-order valence-corrected chi connectivity index (χ1v) is 0. The average Bonchev–Trinajstić information content (AvgIpc) is 0. The van der Waals surface area contributed by atoms with E-state index in [1.807, 2.05) is 0 Å². The molecule has 0 nitrogen and oxygen atoms in total. The van der Waals surface area contributed by atoms with Crippen LogP contribution in [-0.4, -0.2) is 28.6 Å². The van der Waals surface area contributed by atoms with Gasteiger partial charge in [-0.1, -0.05) is 14.9 Å². The van der Waals surface area contributed by atoms with E-state index in [1.165, 1.54) is 0 Å². The second kappa shape index (κ2) is 49.6. The van der Waals surface area contributed by atoms with Crippen molar-refractivity contribution in [3.05, 3.63) is 0 Å². The van der Waals surface area contributed by atoms with Gasteiger partial charge >= 0.3 is 0 Å². The van der Waals surface area contributed by atoms with Crippen molar-refractivity contribution in [2.24, 2.45) is 0 Å². The third kappa shape index (κ3) is 14.8. The van der Waals surface area contributed by atoms with Gasteiger partial charge in [-0.2, -0.15) is 0 Å². The maximum Gasteiger partial charge on any atom is 0 e. The van der Waals surface area contributed by atoms with Gasteiger partial charge in [-0.3, -0.25) is 0 Å². The van der Waals surface area contributed by atoms with Crippen LogP contribution in [0.3, 0.4) is 0 Å². The standard InChI is InChI=1S/2CH4.Ge.Si/h2*1H4;;. The summed E-state index contributed by atoms with van der Waals surface area (Å²) in [5.41, 5.74) is 0. The molecule has 0 bridgehead atoms. The number of hydrogen-bond acceptors (Lipinski definition) is 0. The summed E-state index contributed by atoms with van der Waals surface area (Å²) in [5.74, 6) is 0. The van der Waals surface area contributed by atoms with Crippen LogP contribution in [0.2, 0.25) is 0 Å². The van der Waals surface area contributed by atoms with Crippen molar-refractivity contribution in [2.45, 2.75) is 14.9 Å². The normalized spacial score (nSPS) is 0. The molecule has 24 valence electrons. The first-order chi connectivity index (χ1) is 0. The second-order valence-corrected chi connectivity index (χ2v) is 0. The molecule has 0 saturated heterocycles. The van der Waals surface area contributed by atoms with Gasteiger partial charge in [-0.15, -0.1) is 0 Å². The Morgan fingerprint density at radius 1 is 0.750 bits per heavy atom. The largest absolute Gasteiger partial charge is 0.0776 e. The van der Waals surface area contributed by atoms with E-state index < -0.39 is 0 Å². The van der Waals surface area contributed by atoms with Gasteiger partial charge in [0.2, 0.25) is 0 Å². The Labute approximate surface area is 44.0 Å². The molecule has 0 atom stereocenters.